The number of aliphatic hydroxyl groups is 1. The smallest absolute Gasteiger partial charge is 0.155 e. The van der Waals surface area contributed by atoms with E-state index in [1.807, 2.05) is 0 Å². The van der Waals surface area contributed by atoms with Gasteiger partial charge in [-0.2, -0.15) is 0 Å². The molecule has 1 aromatic carbocycles. The largest absolute Gasteiger partial charge is 0.391 e. The summed E-state index contributed by atoms with van der Waals surface area (Å²) in [6.07, 6.45) is 0.733. The van der Waals surface area contributed by atoms with Gasteiger partial charge in [0.2, 0.25) is 0 Å². The highest BCUT2D eigenvalue weighted by atomic mass is 35.5. The van der Waals surface area contributed by atoms with Gasteiger partial charge in [-0.1, -0.05) is 18.0 Å². The SMILES string of the molecule is O=S1(=O)CCCCC1C(O)Cc1cc(Cl)ccc1F. The zero-order valence-corrected chi connectivity index (χ0v) is 11.9. The fraction of sp³-hybridized carbons (Fsp3) is 0.538. The van der Waals surface area contributed by atoms with E-state index < -0.39 is 27.0 Å². The van der Waals surface area contributed by atoms with E-state index in [1.54, 1.807) is 0 Å². The summed E-state index contributed by atoms with van der Waals surface area (Å²) >= 11 is 5.78. The first-order valence-corrected chi connectivity index (χ1v) is 8.33. The molecule has 2 atom stereocenters. The summed E-state index contributed by atoms with van der Waals surface area (Å²) in [6.45, 7) is 0. The highest BCUT2D eigenvalue weighted by Gasteiger charge is 2.34. The Labute approximate surface area is 117 Å². The van der Waals surface area contributed by atoms with Crippen LogP contribution in [0.2, 0.25) is 5.02 Å². The van der Waals surface area contributed by atoms with Crippen LogP contribution in [-0.4, -0.2) is 30.6 Å². The molecule has 0 saturated carbocycles. The molecule has 0 bridgehead atoms. The van der Waals surface area contributed by atoms with E-state index >= 15 is 0 Å². The van der Waals surface area contributed by atoms with Crippen LogP contribution >= 0.6 is 11.6 Å². The molecule has 19 heavy (non-hydrogen) atoms. The number of aliphatic hydroxyl groups excluding tert-OH is 1. The van der Waals surface area contributed by atoms with Gasteiger partial charge >= 0.3 is 0 Å². The molecule has 1 fully saturated rings. The van der Waals surface area contributed by atoms with Crippen molar-refractivity contribution in [1.82, 2.24) is 0 Å². The Balaban J connectivity index is 2.16. The molecule has 0 spiro atoms. The molecule has 0 aromatic heterocycles. The lowest BCUT2D eigenvalue weighted by Gasteiger charge is -2.26. The summed E-state index contributed by atoms with van der Waals surface area (Å²) in [6, 6.07) is 4.07. The molecule has 0 amide bonds. The van der Waals surface area contributed by atoms with Crippen LogP contribution in [-0.2, 0) is 16.3 Å². The molecule has 0 radical (unpaired) electrons. The van der Waals surface area contributed by atoms with Crippen molar-refractivity contribution < 1.29 is 17.9 Å². The van der Waals surface area contributed by atoms with Gasteiger partial charge in [-0.05, 0) is 36.6 Å². The Morgan fingerprint density at radius 3 is 2.84 bits per heavy atom. The van der Waals surface area contributed by atoms with Gasteiger partial charge in [0, 0.05) is 11.4 Å². The van der Waals surface area contributed by atoms with Gasteiger partial charge < -0.3 is 5.11 Å². The molecule has 106 valence electrons. The zero-order valence-electron chi connectivity index (χ0n) is 10.4. The molecule has 1 aliphatic rings. The molecule has 2 unspecified atom stereocenters. The van der Waals surface area contributed by atoms with Crippen LogP contribution in [0.25, 0.3) is 0 Å². The first-order chi connectivity index (χ1) is 8.90. The zero-order chi connectivity index (χ0) is 14.0. The highest BCUT2D eigenvalue weighted by Crippen LogP contribution is 2.25. The van der Waals surface area contributed by atoms with Crippen molar-refractivity contribution in [3.8, 4) is 0 Å². The van der Waals surface area contributed by atoms with Crippen molar-refractivity contribution in [3.05, 3.63) is 34.6 Å². The average molecular weight is 307 g/mol. The Morgan fingerprint density at radius 2 is 2.16 bits per heavy atom. The van der Waals surface area contributed by atoms with Crippen LogP contribution in [0.5, 0.6) is 0 Å². The van der Waals surface area contributed by atoms with Crippen molar-refractivity contribution in [2.24, 2.45) is 0 Å². The van der Waals surface area contributed by atoms with Crippen molar-refractivity contribution in [2.75, 3.05) is 5.75 Å². The molecular formula is C13H16ClFO3S. The van der Waals surface area contributed by atoms with E-state index in [1.165, 1.54) is 18.2 Å². The van der Waals surface area contributed by atoms with Gasteiger partial charge in [0.1, 0.15) is 5.82 Å². The third-order valence-corrected chi connectivity index (χ3v) is 6.06. The summed E-state index contributed by atoms with van der Waals surface area (Å²) in [7, 11) is -3.27. The maximum atomic E-state index is 13.6. The lowest BCUT2D eigenvalue weighted by atomic mass is 10.0. The summed E-state index contributed by atoms with van der Waals surface area (Å²) < 4.78 is 37.3. The fourth-order valence-electron chi connectivity index (χ4n) is 2.47. The predicted octanol–water partition coefficient (Wildman–Crippen LogP) is 2.35. The van der Waals surface area contributed by atoms with E-state index in [9.17, 15) is 17.9 Å². The Hall–Kier alpha value is -0.650. The number of benzene rings is 1. The van der Waals surface area contributed by atoms with Crippen LogP contribution < -0.4 is 0 Å². The van der Waals surface area contributed by atoms with Crippen LogP contribution in [0.1, 0.15) is 24.8 Å². The summed E-state index contributed by atoms with van der Waals surface area (Å²) in [5.74, 6) is -0.371. The maximum absolute atomic E-state index is 13.6. The molecular weight excluding hydrogens is 291 g/mol. The minimum absolute atomic E-state index is 0.0315. The van der Waals surface area contributed by atoms with E-state index in [0.717, 1.165) is 6.42 Å². The van der Waals surface area contributed by atoms with Crippen molar-refractivity contribution >= 4 is 21.4 Å². The second-order valence-electron chi connectivity index (χ2n) is 4.91. The Kier molecular flexibility index (Phi) is 4.48. The Morgan fingerprint density at radius 1 is 1.42 bits per heavy atom. The van der Waals surface area contributed by atoms with Gasteiger partial charge in [-0.25, -0.2) is 12.8 Å². The molecule has 1 aromatic rings. The number of sulfone groups is 1. The minimum atomic E-state index is -3.27. The van der Waals surface area contributed by atoms with Crippen LogP contribution in [0.15, 0.2) is 18.2 Å². The number of rotatable bonds is 3. The molecule has 0 aliphatic carbocycles. The first-order valence-electron chi connectivity index (χ1n) is 6.24. The topological polar surface area (TPSA) is 54.4 Å². The van der Waals surface area contributed by atoms with E-state index in [2.05, 4.69) is 0 Å². The normalized spacial score (nSPS) is 24.1. The van der Waals surface area contributed by atoms with Crippen molar-refractivity contribution in [1.29, 1.82) is 0 Å². The fourth-order valence-corrected chi connectivity index (χ4v) is 4.67. The van der Waals surface area contributed by atoms with Crippen LogP contribution in [0, 0.1) is 5.82 Å². The van der Waals surface area contributed by atoms with Crippen molar-refractivity contribution in [3.63, 3.8) is 0 Å². The van der Waals surface area contributed by atoms with Gasteiger partial charge in [-0.15, -0.1) is 0 Å². The number of hydrogen-bond acceptors (Lipinski definition) is 3. The van der Waals surface area contributed by atoms with Crippen LogP contribution in [0.3, 0.4) is 0 Å². The molecule has 3 nitrogen and oxygen atoms in total. The predicted molar refractivity (Wildman–Crippen MR) is 72.5 cm³/mol. The number of hydrogen-bond donors (Lipinski definition) is 1. The van der Waals surface area contributed by atoms with E-state index in [-0.39, 0.29) is 17.7 Å². The standard InChI is InChI=1S/C13H16ClFO3S/c14-10-4-5-11(15)9(7-10)8-12(16)13-3-1-2-6-19(13,17)18/h4-5,7,12-13,16H,1-3,6,8H2. The monoisotopic (exact) mass is 306 g/mol. The Bertz CT molecular complexity index is 559. The maximum Gasteiger partial charge on any atom is 0.155 e. The highest BCUT2D eigenvalue weighted by molar-refractivity contribution is 7.92. The summed E-state index contributed by atoms with van der Waals surface area (Å²) in [5.41, 5.74) is 0.251. The van der Waals surface area contributed by atoms with E-state index in [4.69, 9.17) is 11.6 Å². The summed E-state index contributed by atoms with van der Waals surface area (Å²) in [5, 5.41) is 9.67. The molecule has 1 N–H and O–H groups in total. The summed E-state index contributed by atoms with van der Waals surface area (Å²) in [4.78, 5) is 0. The molecule has 6 heteroatoms. The van der Waals surface area contributed by atoms with Gasteiger partial charge in [0.25, 0.3) is 0 Å². The second-order valence-corrected chi connectivity index (χ2v) is 7.68. The van der Waals surface area contributed by atoms with E-state index in [0.29, 0.717) is 17.9 Å². The van der Waals surface area contributed by atoms with Gasteiger partial charge in [0.15, 0.2) is 9.84 Å². The molecule has 1 aliphatic heterocycles. The van der Waals surface area contributed by atoms with Crippen molar-refractivity contribution in [2.45, 2.75) is 37.0 Å². The average Bonchev–Trinajstić information content (AvgIpc) is 2.33. The minimum Gasteiger partial charge on any atom is -0.391 e. The van der Waals surface area contributed by atoms with Gasteiger partial charge in [-0.3, -0.25) is 0 Å². The van der Waals surface area contributed by atoms with Gasteiger partial charge in [0.05, 0.1) is 17.1 Å². The lowest BCUT2D eigenvalue weighted by Crippen LogP contribution is -2.39. The number of halogens is 2. The molecule has 1 heterocycles. The third-order valence-electron chi connectivity index (χ3n) is 3.49. The van der Waals surface area contributed by atoms with Crippen LogP contribution in [0.4, 0.5) is 4.39 Å². The lowest BCUT2D eigenvalue weighted by molar-refractivity contribution is 0.161. The quantitative estimate of drug-likeness (QED) is 0.932. The molecule has 2 rings (SSSR count). The third kappa shape index (κ3) is 3.46. The second kappa shape index (κ2) is 5.77. The first kappa shape index (κ1) is 14.8. The molecule has 1 saturated heterocycles.